The molecular formula is C11H12F3NO3. The molecule has 0 fully saturated rings. The number of rotatable bonds is 5. The minimum Gasteiger partial charge on any atom is -0.480 e. The van der Waals surface area contributed by atoms with E-state index in [1.165, 1.54) is 25.2 Å². The van der Waals surface area contributed by atoms with Gasteiger partial charge in [-0.1, -0.05) is 12.1 Å². The third-order valence-corrected chi connectivity index (χ3v) is 2.22. The van der Waals surface area contributed by atoms with Crippen LogP contribution in [0, 0.1) is 0 Å². The van der Waals surface area contributed by atoms with E-state index >= 15 is 0 Å². The van der Waals surface area contributed by atoms with Crippen LogP contribution in [-0.2, 0) is 11.2 Å². The van der Waals surface area contributed by atoms with E-state index in [4.69, 9.17) is 5.11 Å². The Kier molecular flexibility index (Phi) is 4.55. The highest BCUT2D eigenvalue weighted by Crippen LogP contribution is 2.23. The van der Waals surface area contributed by atoms with E-state index in [9.17, 15) is 18.0 Å². The quantitative estimate of drug-likeness (QED) is 0.850. The van der Waals surface area contributed by atoms with Gasteiger partial charge in [0.1, 0.15) is 11.8 Å². The van der Waals surface area contributed by atoms with Gasteiger partial charge in [-0.2, -0.15) is 0 Å². The maximum atomic E-state index is 12.0. The molecule has 0 aliphatic heterocycles. The van der Waals surface area contributed by atoms with Gasteiger partial charge in [0, 0.05) is 0 Å². The van der Waals surface area contributed by atoms with Crippen LogP contribution in [0.5, 0.6) is 5.75 Å². The molecule has 0 amide bonds. The summed E-state index contributed by atoms with van der Waals surface area (Å²) in [7, 11) is 1.47. The topological polar surface area (TPSA) is 58.6 Å². The van der Waals surface area contributed by atoms with Gasteiger partial charge in [0.25, 0.3) is 0 Å². The molecule has 0 radical (unpaired) electrons. The lowest BCUT2D eigenvalue weighted by Crippen LogP contribution is -2.35. The highest BCUT2D eigenvalue weighted by Gasteiger charge is 2.31. The zero-order valence-electron chi connectivity index (χ0n) is 9.49. The summed E-state index contributed by atoms with van der Waals surface area (Å²) in [6, 6.07) is 4.39. The molecule has 0 saturated carbocycles. The number of aliphatic carboxylic acids is 1. The molecule has 1 rings (SSSR count). The molecule has 0 spiro atoms. The number of hydrogen-bond donors (Lipinski definition) is 2. The number of hydrogen-bond acceptors (Lipinski definition) is 3. The molecule has 4 nitrogen and oxygen atoms in total. The predicted octanol–water partition coefficient (Wildman–Crippen LogP) is 1.80. The Bertz CT molecular complexity index is 420. The van der Waals surface area contributed by atoms with Crippen LogP contribution in [0.3, 0.4) is 0 Å². The fourth-order valence-corrected chi connectivity index (χ4v) is 1.42. The van der Waals surface area contributed by atoms with E-state index in [0.717, 1.165) is 6.07 Å². The zero-order chi connectivity index (χ0) is 13.8. The van der Waals surface area contributed by atoms with Crippen LogP contribution in [0.1, 0.15) is 5.56 Å². The van der Waals surface area contributed by atoms with Crippen molar-refractivity contribution >= 4 is 5.97 Å². The second-order valence-corrected chi connectivity index (χ2v) is 3.58. The van der Waals surface area contributed by atoms with Crippen LogP contribution >= 0.6 is 0 Å². The van der Waals surface area contributed by atoms with Gasteiger partial charge in [0.05, 0.1) is 0 Å². The van der Waals surface area contributed by atoms with E-state index in [2.05, 4.69) is 10.1 Å². The lowest BCUT2D eigenvalue weighted by atomic mass is 10.1. The molecule has 7 heteroatoms. The first-order valence-electron chi connectivity index (χ1n) is 5.06. The first-order chi connectivity index (χ1) is 8.31. The molecule has 0 aromatic heterocycles. The number of alkyl halides is 3. The number of halogens is 3. The number of carboxylic acid groups (broad SMARTS) is 1. The summed E-state index contributed by atoms with van der Waals surface area (Å²) in [5, 5.41) is 11.4. The van der Waals surface area contributed by atoms with Gasteiger partial charge in [-0.3, -0.25) is 4.79 Å². The van der Waals surface area contributed by atoms with Gasteiger partial charge < -0.3 is 15.2 Å². The number of likely N-dealkylation sites (N-methyl/N-ethyl adjacent to an activating group) is 1. The van der Waals surface area contributed by atoms with Crippen molar-refractivity contribution in [2.24, 2.45) is 0 Å². The molecule has 1 aromatic carbocycles. The summed E-state index contributed by atoms with van der Waals surface area (Å²) in [6.45, 7) is 0. The average molecular weight is 263 g/mol. The van der Waals surface area contributed by atoms with Crippen molar-refractivity contribution < 1.29 is 27.8 Å². The van der Waals surface area contributed by atoms with Gasteiger partial charge in [-0.15, -0.1) is 13.2 Å². The molecule has 0 saturated heterocycles. The SMILES string of the molecule is CN[C@@H](Cc1cccc(OC(F)(F)F)c1)C(=O)O. The predicted molar refractivity (Wildman–Crippen MR) is 57.3 cm³/mol. The number of carbonyl (C=O) groups is 1. The molecule has 0 unspecified atom stereocenters. The molecule has 0 aliphatic rings. The Labute approximate surface area is 101 Å². The lowest BCUT2D eigenvalue weighted by Gasteiger charge is -2.13. The molecular weight excluding hydrogens is 251 g/mol. The summed E-state index contributed by atoms with van der Waals surface area (Å²) in [4.78, 5) is 10.8. The normalized spacial score (nSPS) is 13.1. The van der Waals surface area contributed by atoms with Gasteiger partial charge >= 0.3 is 12.3 Å². The Morgan fingerprint density at radius 2 is 2.17 bits per heavy atom. The van der Waals surface area contributed by atoms with Crippen molar-refractivity contribution in [2.75, 3.05) is 7.05 Å². The lowest BCUT2D eigenvalue weighted by molar-refractivity contribution is -0.274. The third-order valence-electron chi connectivity index (χ3n) is 2.22. The minimum atomic E-state index is -4.76. The summed E-state index contributed by atoms with van der Waals surface area (Å²) < 4.78 is 39.8. The smallest absolute Gasteiger partial charge is 0.480 e. The van der Waals surface area contributed by atoms with E-state index < -0.39 is 18.4 Å². The zero-order valence-corrected chi connectivity index (χ0v) is 9.49. The fraction of sp³-hybridized carbons (Fsp3) is 0.364. The van der Waals surface area contributed by atoms with Crippen LogP contribution in [0.2, 0.25) is 0 Å². The van der Waals surface area contributed by atoms with Gasteiger partial charge in [-0.05, 0) is 31.2 Å². The van der Waals surface area contributed by atoms with Crippen LogP contribution in [0.4, 0.5) is 13.2 Å². The van der Waals surface area contributed by atoms with Crippen molar-refractivity contribution in [3.05, 3.63) is 29.8 Å². The largest absolute Gasteiger partial charge is 0.573 e. The first-order valence-corrected chi connectivity index (χ1v) is 5.06. The highest BCUT2D eigenvalue weighted by molar-refractivity contribution is 5.73. The number of nitrogens with one attached hydrogen (secondary N) is 1. The second-order valence-electron chi connectivity index (χ2n) is 3.58. The van der Waals surface area contributed by atoms with Crippen LogP contribution < -0.4 is 10.1 Å². The summed E-state index contributed by atoms with van der Waals surface area (Å²) in [6.07, 6.45) is -4.69. The highest BCUT2D eigenvalue weighted by atomic mass is 19.4. The Balaban J connectivity index is 2.79. The van der Waals surface area contributed by atoms with E-state index in [1.807, 2.05) is 0 Å². The standard InChI is InChI=1S/C11H12F3NO3/c1-15-9(10(16)17)6-7-3-2-4-8(5-7)18-11(12,13)14/h2-5,9,15H,6H2,1H3,(H,16,17)/t9-/m0/s1. The van der Waals surface area contributed by atoms with E-state index in [1.54, 1.807) is 0 Å². The fourth-order valence-electron chi connectivity index (χ4n) is 1.42. The molecule has 0 heterocycles. The average Bonchev–Trinajstić information content (AvgIpc) is 2.23. The van der Waals surface area contributed by atoms with Crippen molar-refractivity contribution in [3.8, 4) is 5.75 Å². The molecule has 1 aromatic rings. The van der Waals surface area contributed by atoms with Crippen molar-refractivity contribution in [3.63, 3.8) is 0 Å². The van der Waals surface area contributed by atoms with Crippen molar-refractivity contribution in [1.82, 2.24) is 5.32 Å². The van der Waals surface area contributed by atoms with Crippen LogP contribution in [0.25, 0.3) is 0 Å². The first kappa shape index (κ1) is 14.3. The molecule has 1 atom stereocenters. The van der Waals surface area contributed by atoms with E-state index in [-0.39, 0.29) is 12.2 Å². The maximum absolute atomic E-state index is 12.0. The Morgan fingerprint density at radius 1 is 1.50 bits per heavy atom. The Hall–Kier alpha value is -1.76. The van der Waals surface area contributed by atoms with Gasteiger partial charge in [0.15, 0.2) is 0 Å². The summed E-state index contributed by atoms with van der Waals surface area (Å²) >= 11 is 0. The minimum absolute atomic E-state index is 0.0703. The monoisotopic (exact) mass is 263 g/mol. The maximum Gasteiger partial charge on any atom is 0.573 e. The third kappa shape index (κ3) is 4.62. The number of carboxylic acids is 1. The van der Waals surface area contributed by atoms with Crippen LogP contribution in [-0.4, -0.2) is 30.5 Å². The summed E-state index contributed by atoms with van der Waals surface area (Å²) in [5.41, 5.74) is 0.443. The molecule has 2 N–H and O–H groups in total. The van der Waals surface area contributed by atoms with Crippen molar-refractivity contribution in [2.45, 2.75) is 18.8 Å². The molecule has 18 heavy (non-hydrogen) atoms. The number of ether oxygens (including phenoxy) is 1. The molecule has 100 valence electrons. The van der Waals surface area contributed by atoms with Gasteiger partial charge in [0.2, 0.25) is 0 Å². The van der Waals surface area contributed by atoms with Crippen LogP contribution in [0.15, 0.2) is 24.3 Å². The molecule has 0 bridgehead atoms. The Morgan fingerprint density at radius 3 is 2.67 bits per heavy atom. The second kappa shape index (κ2) is 5.72. The van der Waals surface area contributed by atoms with Gasteiger partial charge in [-0.25, -0.2) is 0 Å². The van der Waals surface area contributed by atoms with Crippen molar-refractivity contribution in [1.29, 1.82) is 0 Å². The summed E-state index contributed by atoms with van der Waals surface area (Å²) in [5.74, 6) is -1.43. The van der Waals surface area contributed by atoms with E-state index in [0.29, 0.717) is 5.56 Å². The molecule has 0 aliphatic carbocycles. The number of benzene rings is 1.